The SMILES string of the molecule is O=C(Nc1nc2ccc([N+](=O)[O-])cc2s1)c1cc2cc([N+](=O)[O-])ccc2s1. The van der Waals surface area contributed by atoms with Gasteiger partial charge in [0.05, 0.1) is 24.9 Å². The van der Waals surface area contributed by atoms with E-state index in [0.29, 0.717) is 25.6 Å². The Balaban J connectivity index is 1.61. The summed E-state index contributed by atoms with van der Waals surface area (Å²) in [7, 11) is 0. The van der Waals surface area contributed by atoms with E-state index in [1.165, 1.54) is 41.7 Å². The summed E-state index contributed by atoms with van der Waals surface area (Å²) in [5.41, 5.74) is 0.461. The second-order valence-corrected chi connectivity index (χ2v) is 7.59. The molecule has 0 spiro atoms. The molecule has 27 heavy (non-hydrogen) atoms. The number of carbonyl (C=O) groups is 1. The molecule has 0 radical (unpaired) electrons. The van der Waals surface area contributed by atoms with Gasteiger partial charge in [-0.05, 0) is 18.2 Å². The summed E-state index contributed by atoms with van der Waals surface area (Å²) in [6, 6.07) is 10.3. The molecule has 0 aliphatic heterocycles. The van der Waals surface area contributed by atoms with Gasteiger partial charge in [-0.1, -0.05) is 11.3 Å². The second kappa shape index (κ2) is 6.37. The summed E-state index contributed by atoms with van der Waals surface area (Å²) in [5, 5.41) is 25.3. The third kappa shape index (κ3) is 3.20. The normalized spacial score (nSPS) is 11.0. The number of thiazole rings is 1. The van der Waals surface area contributed by atoms with Crippen molar-refractivity contribution < 1.29 is 14.6 Å². The zero-order valence-electron chi connectivity index (χ0n) is 13.2. The van der Waals surface area contributed by atoms with Gasteiger partial charge < -0.3 is 0 Å². The molecule has 0 saturated carbocycles. The van der Waals surface area contributed by atoms with Crippen LogP contribution in [-0.4, -0.2) is 20.7 Å². The van der Waals surface area contributed by atoms with Gasteiger partial charge in [0.15, 0.2) is 5.13 Å². The van der Waals surface area contributed by atoms with Gasteiger partial charge in [-0.3, -0.25) is 30.3 Å². The zero-order chi connectivity index (χ0) is 19.1. The second-order valence-electron chi connectivity index (χ2n) is 5.47. The largest absolute Gasteiger partial charge is 0.297 e. The fraction of sp³-hybridized carbons (Fsp3) is 0. The number of rotatable bonds is 4. The Morgan fingerprint density at radius 1 is 0.926 bits per heavy atom. The van der Waals surface area contributed by atoms with Crippen LogP contribution in [0.15, 0.2) is 42.5 Å². The summed E-state index contributed by atoms with van der Waals surface area (Å²) >= 11 is 2.34. The molecular weight excluding hydrogens is 392 g/mol. The van der Waals surface area contributed by atoms with Crippen molar-refractivity contribution in [1.29, 1.82) is 0 Å². The Bertz CT molecular complexity index is 1250. The monoisotopic (exact) mass is 400 g/mol. The van der Waals surface area contributed by atoms with Gasteiger partial charge in [0.1, 0.15) is 0 Å². The number of aromatic nitrogens is 1. The van der Waals surface area contributed by atoms with Crippen LogP contribution in [0.25, 0.3) is 20.3 Å². The molecule has 0 aliphatic rings. The third-order valence-corrected chi connectivity index (χ3v) is 5.79. The van der Waals surface area contributed by atoms with E-state index in [2.05, 4.69) is 10.3 Å². The number of nitro benzene ring substituents is 2. The lowest BCUT2D eigenvalue weighted by atomic mass is 10.2. The maximum absolute atomic E-state index is 12.5. The summed E-state index contributed by atoms with van der Waals surface area (Å²) in [6.07, 6.45) is 0. The van der Waals surface area contributed by atoms with Crippen LogP contribution in [0.2, 0.25) is 0 Å². The number of non-ortho nitro benzene ring substituents is 2. The van der Waals surface area contributed by atoms with E-state index in [4.69, 9.17) is 0 Å². The van der Waals surface area contributed by atoms with E-state index in [1.54, 1.807) is 12.1 Å². The molecule has 1 amide bonds. The van der Waals surface area contributed by atoms with Crippen LogP contribution < -0.4 is 5.32 Å². The summed E-state index contributed by atoms with van der Waals surface area (Å²) < 4.78 is 1.34. The van der Waals surface area contributed by atoms with Crippen LogP contribution in [0.5, 0.6) is 0 Å². The van der Waals surface area contributed by atoms with Gasteiger partial charge in [0.2, 0.25) is 0 Å². The number of hydrogen-bond acceptors (Lipinski definition) is 8. The molecule has 0 atom stereocenters. The lowest BCUT2D eigenvalue weighted by Gasteiger charge is -1.96. The van der Waals surface area contributed by atoms with Crippen molar-refractivity contribution >= 4 is 65.4 Å². The van der Waals surface area contributed by atoms with Crippen LogP contribution in [0.3, 0.4) is 0 Å². The number of amides is 1. The van der Waals surface area contributed by atoms with E-state index < -0.39 is 15.8 Å². The minimum Gasteiger partial charge on any atom is -0.297 e. The van der Waals surface area contributed by atoms with E-state index in [-0.39, 0.29) is 11.4 Å². The number of nitro groups is 2. The summed E-state index contributed by atoms with van der Waals surface area (Å²) in [5.74, 6) is -0.396. The Morgan fingerprint density at radius 2 is 1.63 bits per heavy atom. The molecule has 9 nitrogen and oxygen atoms in total. The smallest absolute Gasteiger partial charge is 0.270 e. The molecule has 2 heterocycles. The number of nitrogens with zero attached hydrogens (tertiary/aromatic N) is 3. The molecular formula is C16H8N4O5S2. The van der Waals surface area contributed by atoms with E-state index in [1.807, 2.05) is 0 Å². The number of anilines is 1. The summed E-state index contributed by atoms with van der Waals surface area (Å²) in [6.45, 7) is 0. The van der Waals surface area contributed by atoms with Crippen molar-refractivity contribution in [1.82, 2.24) is 4.98 Å². The Labute approximate surface area is 158 Å². The van der Waals surface area contributed by atoms with Crippen molar-refractivity contribution in [2.24, 2.45) is 0 Å². The van der Waals surface area contributed by atoms with Crippen LogP contribution in [0.1, 0.15) is 9.67 Å². The number of benzene rings is 2. The molecule has 0 unspecified atom stereocenters. The van der Waals surface area contributed by atoms with Gasteiger partial charge in [0, 0.05) is 34.4 Å². The first kappa shape index (κ1) is 17.0. The van der Waals surface area contributed by atoms with Crippen LogP contribution in [-0.2, 0) is 0 Å². The van der Waals surface area contributed by atoms with Crippen LogP contribution in [0, 0.1) is 20.2 Å². The molecule has 2 aromatic heterocycles. The number of hydrogen-bond donors (Lipinski definition) is 1. The first-order valence-electron chi connectivity index (χ1n) is 7.45. The van der Waals surface area contributed by atoms with E-state index in [0.717, 1.165) is 16.0 Å². The maximum atomic E-state index is 12.5. The standard InChI is InChI=1S/C16H8N4O5S2/c21-15(14-6-8-5-9(19(22)23)2-4-12(8)26-14)18-16-17-11-3-1-10(20(24)25)7-13(11)27-16/h1-7H,(H,17,18,21). The third-order valence-electron chi connectivity index (χ3n) is 3.74. The molecule has 1 N–H and O–H groups in total. The first-order chi connectivity index (χ1) is 12.9. The number of carbonyl (C=O) groups excluding carboxylic acids is 1. The predicted molar refractivity (Wildman–Crippen MR) is 103 cm³/mol. The lowest BCUT2D eigenvalue weighted by molar-refractivity contribution is -0.384. The lowest BCUT2D eigenvalue weighted by Crippen LogP contribution is -2.09. The van der Waals surface area contributed by atoms with Gasteiger partial charge in [0.25, 0.3) is 17.3 Å². The average molecular weight is 400 g/mol. The summed E-state index contributed by atoms with van der Waals surface area (Å²) in [4.78, 5) is 37.8. The van der Waals surface area contributed by atoms with E-state index >= 15 is 0 Å². The van der Waals surface area contributed by atoms with Crippen LogP contribution in [0.4, 0.5) is 16.5 Å². The zero-order valence-corrected chi connectivity index (χ0v) is 14.9. The van der Waals surface area contributed by atoms with E-state index in [9.17, 15) is 25.0 Å². The van der Waals surface area contributed by atoms with Gasteiger partial charge in [-0.2, -0.15) is 0 Å². The molecule has 11 heteroatoms. The van der Waals surface area contributed by atoms with Crippen molar-refractivity contribution in [2.75, 3.05) is 5.32 Å². The topological polar surface area (TPSA) is 128 Å². The van der Waals surface area contributed by atoms with Crippen LogP contribution >= 0.6 is 22.7 Å². The van der Waals surface area contributed by atoms with Gasteiger partial charge in [-0.25, -0.2) is 4.98 Å². The quantitative estimate of drug-likeness (QED) is 0.394. The predicted octanol–water partition coefficient (Wildman–Crippen LogP) is 4.58. The molecule has 0 saturated heterocycles. The number of nitrogens with one attached hydrogen (secondary N) is 1. The molecule has 0 bridgehead atoms. The highest BCUT2D eigenvalue weighted by molar-refractivity contribution is 7.23. The Morgan fingerprint density at radius 3 is 2.37 bits per heavy atom. The van der Waals surface area contributed by atoms with Crippen molar-refractivity contribution in [2.45, 2.75) is 0 Å². The Hall–Kier alpha value is -3.44. The van der Waals surface area contributed by atoms with Crippen molar-refractivity contribution in [3.63, 3.8) is 0 Å². The van der Waals surface area contributed by atoms with Gasteiger partial charge >= 0.3 is 0 Å². The fourth-order valence-electron chi connectivity index (χ4n) is 2.50. The highest BCUT2D eigenvalue weighted by Crippen LogP contribution is 2.32. The number of thiophene rings is 1. The Kier molecular flexibility index (Phi) is 4.01. The highest BCUT2D eigenvalue weighted by Gasteiger charge is 2.16. The minimum absolute atomic E-state index is 0.0416. The molecule has 2 aromatic carbocycles. The molecule has 134 valence electrons. The maximum Gasteiger partial charge on any atom is 0.270 e. The molecule has 0 fully saturated rings. The van der Waals surface area contributed by atoms with Crippen molar-refractivity contribution in [3.05, 3.63) is 67.6 Å². The molecule has 0 aliphatic carbocycles. The first-order valence-corrected chi connectivity index (χ1v) is 9.08. The molecule has 4 rings (SSSR count). The minimum atomic E-state index is -0.492. The number of fused-ring (bicyclic) bond motifs is 2. The fourth-order valence-corrected chi connectivity index (χ4v) is 4.33. The average Bonchev–Trinajstić information content (AvgIpc) is 3.23. The van der Waals surface area contributed by atoms with Gasteiger partial charge in [-0.15, -0.1) is 11.3 Å². The molecule has 4 aromatic rings. The van der Waals surface area contributed by atoms with Crippen molar-refractivity contribution in [3.8, 4) is 0 Å². The highest BCUT2D eigenvalue weighted by atomic mass is 32.1.